The maximum absolute atomic E-state index is 11.6. The number of hydrogen-bond donors (Lipinski definition) is 1. The number of unbranched alkanes of at least 4 members (excludes halogenated alkanes) is 1. The first-order valence-corrected chi connectivity index (χ1v) is 8.47. The Bertz CT molecular complexity index is 890. The van der Waals surface area contributed by atoms with E-state index in [4.69, 9.17) is 0 Å². The van der Waals surface area contributed by atoms with Crippen molar-refractivity contribution >= 4 is 16.9 Å². The molecule has 0 radical (unpaired) electrons. The molecule has 0 bridgehead atoms. The number of aryl methyl sites for hydroxylation is 2. The number of carboxylic acids is 1. The molecule has 24 heavy (non-hydrogen) atoms. The van der Waals surface area contributed by atoms with Crippen molar-refractivity contribution in [1.29, 1.82) is 0 Å². The van der Waals surface area contributed by atoms with Gasteiger partial charge in [0.2, 0.25) is 0 Å². The maximum Gasteiger partial charge on any atom is 0.354 e. The van der Waals surface area contributed by atoms with Gasteiger partial charge >= 0.3 is 5.97 Å². The second kappa shape index (κ2) is 6.51. The fourth-order valence-corrected chi connectivity index (χ4v) is 3.35. The number of rotatable bonds is 6. The lowest BCUT2D eigenvalue weighted by Crippen LogP contribution is -2.09. The van der Waals surface area contributed by atoms with Crippen LogP contribution in [0, 0.1) is 6.92 Å². The number of nitrogens with zero attached hydrogens (tertiary/aromatic N) is 3. The quantitative estimate of drug-likeness (QED) is 0.733. The molecule has 0 atom stereocenters. The van der Waals surface area contributed by atoms with E-state index in [0.717, 1.165) is 47.2 Å². The summed E-state index contributed by atoms with van der Waals surface area (Å²) in [6, 6.07) is 9.92. The Morgan fingerprint density at radius 2 is 2.00 bits per heavy atom. The van der Waals surface area contributed by atoms with Crippen molar-refractivity contribution in [2.24, 2.45) is 0 Å². The van der Waals surface area contributed by atoms with Gasteiger partial charge < -0.3 is 9.67 Å². The molecule has 0 unspecified atom stereocenters. The van der Waals surface area contributed by atoms with Crippen LogP contribution in [0.25, 0.3) is 22.2 Å². The van der Waals surface area contributed by atoms with Crippen molar-refractivity contribution in [2.45, 2.75) is 46.7 Å². The van der Waals surface area contributed by atoms with E-state index in [1.54, 1.807) is 10.7 Å². The number of para-hydroxylation sites is 1. The smallest absolute Gasteiger partial charge is 0.354 e. The van der Waals surface area contributed by atoms with E-state index in [9.17, 15) is 9.90 Å². The van der Waals surface area contributed by atoms with Crippen molar-refractivity contribution < 1.29 is 9.90 Å². The van der Waals surface area contributed by atoms with Gasteiger partial charge in [0.15, 0.2) is 0 Å². The minimum atomic E-state index is -0.929. The molecule has 1 N–H and O–H groups in total. The predicted octanol–water partition coefficient (Wildman–Crippen LogP) is 4.33. The summed E-state index contributed by atoms with van der Waals surface area (Å²) in [7, 11) is 0. The van der Waals surface area contributed by atoms with Gasteiger partial charge in [0.25, 0.3) is 0 Å². The molecule has 0 saturated heterocycles. The highest BCUT2D eigenvalue weighted by atomic mass is 16.4. The van der Waals surface area contributed by atoms with Crippen LogP contribution >= 0.6 is 0 Å². The molecule has 3 rings (SSSR count). The minimum Gasteiger partial charge on any atom is -0.477 e. The van der Waals surface area contributed by atoms with Crippen LogP contribution in [0.2, 0.25) is 0 Å². The molecule has 5 heteroatoms. The Morgan fingerprint density at radius 1 is 1.25 bits per heavy atom. The Kier molecular flexibility index (Phi) is 4.42. The van der Waals surface area contributed by atoms with Crippen LogP contribution in [-0.4, -0.2) is 25.4 Å². The summed E-state index contributed by atoms with van der Waals surface area (Å²) < 4.78 is 3.87. The van der Waals surface area contributed by atoms with Crippen molar-refractivity contribution in [3.8, 4) is 11.3 Å². The van der Waals surface area contributed by atoms with Crippen LogP contribution in [0.5, 0.6) is 0 Å². The molecule has 126 valence electrons. The fraction of sp³-hybridized carbons (Fsp3) is 0.368. The first kappa shape index (κ1) is 16.3. The topological polar surface area (TPSA) is 60.0 Å². The molecule has 2 heterocycles. The Hall–Kier alpha value is -2.56. The SMILES string of the molecule is CCCCn1nc(-c2c(C)n(CC)c3ccccc23)cc1C(=O)O. The minimum absolute atomic E-state index is 0.256. The molecule has 1 aromatic carbocycles. The lowest BCUT2D eigenvalue weighted by molar-refractivity contribution is 0.0683. The van der Waals surface area contributed by atoms with Gasteiger partial charge in [-0.2, -0.15) is 5.10 Å². The number of benzene rings is 1. The van der Waals surface area contributed by atoms with Crippen molar-refractivity contribution in [2.75, 3.05) is 0 Å². The lowest BCUT2D eigenvalue weighted by Gasteiger charge is -2.04. The van der Waals surface area contributed by atoms with E-state index < -0.39 is 5.97 Å². The molecule has 3 aromatic rings. The first-order valence-electron chi connectivity index (χ1n) is 8.47. The third kappa shape index (κ3) is 2.60. The second-order valence-corrected chi connectivity index (χ2v) is 6.02. The van der Waals surface area contributed by atoms with E-state index in [2.05, 4.69) is 42.6 Å². The van der Waals surface area contributed by atoms with Crippen LogP contribution < -0.4 is 0 Å². The van der Waals surface area contributed by atoms with Gasteiger partial charge in [0.1, 0.15) is 5.69 Å². The predicted molar refractivity (Wildman–Crippen MR) is 95.4 cm³/mol. The number of fused-ring (bicyclic) bond motifs is 1. The number of aromatic nitrogens is 3. The highest BCUT2D eigenvalue weighted by Crippen LogP contribution is 2.34. The molecule has 0 aliphatic carbocycles. The van der Waals surface area contributed by atoms with E-state index in [1.807, 2.05) is 12.1 Å². The highest BCUT2D eigenvalue weighted by molar-refractivity contribution is 5.98. The van der Waals surface area contributed by atoms with Gasteiger partial charge in [0.05, 0.1) is 5.69 Å². The van der Waals surface area contributed by atoms with Gasteiger partial charge in [-0.1, -0.05) is 31.5 Å². The van der Waals surface area contributed by atoms with Gasteiger partial charge in [-0.05, 0) is 32.4 Å². The molecular formula is C19H23N3O2. The molecule has 0 fully saturated rings. The zero-order valence-electron chi connectivity index (χ0n) is 14.4. The first-order chi connectivity index (χ1) is 11.6. The van der Waals surface area contributed by atoms with Crippen molar-refractivity contribution in [3.63, 3.8) is 0 Å². The van der Waals surface area contributed by atoms with E-state index in [0.29, 0.717) is 6.54 Å². The molecule has 0 spiro atoms. The zero-order valence-corrected chi connectivity index (χ0v) is 14.4. The molecule has 2 aromatic heterocycles. The summed E-state index contributed by atoms with van der Waals surface area (Å²) in [5.74, 6) is -0.929. The molecule has 0 saturated carbocycles. The monoisotopic (exact) mass is 325 g/mol. The zero-order chi connectivity index (χ0) is 17.3. The van der Waals surface area contributed by atoms with E-state index in [1.165, 1.54) is 0 Å². The summed E-state index contributed by atoms with van der Waals surface area (Å²) in [6.07, 6.45) is 1.92. The third-order valence-corrected chi connectivity index (χ3v) is 4.53. The van der Waals surface area contributed by atoms with Gasteiger partial charge in [-0.3, -0.25) is 4.68 Å². The highest BCUT2D eigenvalue weighted by Gasteiger charge is 2.20. The summed E-state index contributed by atoms with van der Waals surface area (Å²) in [4.78, 5) is 11.6. The molecule has 0 aliphatic heterocycles. The summed E-state index contributed by atoms with van der Waals surface area (Å²) in [6.45, 7) is 7.78. The largest absolute Gasteiger partial charge is 0.477 e. The van der Waals surface area contributed by atoms with Crippen LogP contribution in [-0.2, 0) is 13.1 Å². The number of aromatic carboxylic acids is 1. The van der Waals surface area contributed by atoms with Crippen LogP contribution in [0.15, 0.2) is 30.3 Å². The van der Waals surface area contributed by atoms with Gasteiger partial charge in [0, 0.05) is 35.2 Å². The second-order valence-electron chi connectivity index (χ2n) is 6.02. The average molecular weight is 325 g/mol. The summed E-state index contributed by atoms with van der Waals surface area (Å²) >= 11 is 0. The average Bonchev–Trinajstić information content (AvgIpc) is 3.10. The van der Waals surface area contributed by atoms with Crippen LogP contribution in [0.3, 0.4) is 0 Å². The van der Waals surface area contributed by atoms with Gasteiger partial charge in [-0.15, -0.1) is 0 Å². The van der Waals surface area contributed by atoms with Gasteiger partial charge in [-0.25, -0.2) is 4.79 Å². The van der Waals surface area contributed by atoms with Crippen LogP contribution in [0.4, 0.5) is 0 Å². The lowest BCUT2D eigenvalue weighted by atomic mass is 10.1. The summed E-state index contributed by atoms with van der Waals surface area (Å²) in [5, 5.41) is 15.2. The summed E-state index contributed by atoms with van der Waals surface area (Å²) in [5.41, 5.74) is 4.31. The molecule has 0 aliphatic rings. The van der Waals surface area contributed by atoms with Crippen molar-refractivity contribution in [3.05, 3.63) is 41.7 Å². The normalized spacial score (nSPS) is 11.3. The number of carboxylic acid groups (broad SMARTS) is 1. The Morgan fingerprint density at radius 3 is 2.67 bits per heavy atom. The van der Waals surface area contributed by atoms with Crippen LogP contribution in [0.1, 0.15) is 42.9 Å². The molecule has 0 amide bonds. The standard InChI is InChI=1S/C19H23N3O2/c1-4-6-11-22-17(19(23)24)12-15(20-22)18-13(3)21(5-2)16-10-8-7-9-14(16)18/h7-10,12H,4-6,11H2,1-3H3,(H,23,24). The molecule has 5 nitrogen and oxygen atoms in total. The molecular weight excluding hydrogens is 302 g/mol. The Labute approximate surface area is 141 Å². The van der Waals surface area contributed by atoms with E-state index in [-0.39, 0.29) is 5.69 Å². The number of carbonyl (C=O) groups is 1. The number of hydrogen-bond acceptors (Lipinski definition) is 2. The Balaban J connectivity index is 2.21. The third-order valence-electron chi connectivity index (χ3n) is 4.53. The van der Waals surface area contributed by atoms with Crippen molar-refractivity contribution in [1.82, 2.24) is 14.3 Å². The maximum atomic E-state index is 11.6. The fourth-order valence-electron chi connectivity index (χ4n) is 3.35. The van der Waals surface area contributed by atoms with E-state index >= 15 is 0 Å².